The van der Waals surface area contributed by atoms with Crippen molar-refractivity contribution in [2.75, 3.05) is 0 Å². The van der Waals surface area contributed by atoms with Crippen molar-refractivity contribution in [2.45, 2.75) is 6.42 Å². The van der Waals surface area contributed by atoms with Gasteiger partial charge in [-0.05, 0) is 110 Å². The highest BCUT2D eigenvalue weighted by Crippen LogP contribution is 2.44. The highest BCUT2D eigenvalue weighted by molar-refractivity contribution is 7.26. The van der Waals surface area contributed by atoms with E-state index in [1.165, 1.54) is 53.4 Å². The van der Waals surface area contributed by atoms with Crippen LogP contribution in [0.3, 0.4) is 0 Å². The Hall–Kier alpha value is -9.03. The third-order valence-electron chi connectivity index (χ3n) is 13.6. The molecule has 3 heterocycles. The lowest BCUT2D eigenvalue weighted by atomic mass is 9.91. The van der Waals surface area contributed by atoms with E-state index < -0.39 is 0 Å². The highest BCUT2D eigenvalue weighted by Gasteiger charge is 2.22. The number of nitrogens with zero attached hydrogens (tertiary/aromatic N) is 4. The van der Waals surface area contributed by atoms with Crippen molar-refractivity contribution < 1.29 is 0 Å². The summed E-state index contributed by atoms with van der Waals surface area (Å²) in [6.45, 7) is 4.54. The number of hydrogen-bond acceptors (Lipinski definition) is 4. The summed E-state index contributed by atoms with van der Waals surface area (Å²) in [5.74, 6) is 1.63. The van der Waals surface area contributed by atoms with E-state index in [2.05, 4.69) is 242 Å². The van der Waals surface area contributed by atoms with Gasteiger partial charge in [-0.3, -0.25) is 4.57 Å². The Kier molecular flexibility index (Phi) is 10.6. The minimum atomic E-state index is 0.515. The van der Waals surface area contributed by atoms with Gasteiger partial charge in [0.05, 0.1) is 11.0 Å². The van der Waals surface area contributed by atoms with E-state index in [-0.39, 0.29) is 0 Å². The van der Waals surface area contributed by atoms with Gasteiger partial charge in [0.25, 0.3) is 0 Å². The van der Waals surface area contributed by atoms with Crippen molar-refractivity contribution in [1.29, 1.82) is 0 Å². The van der Waals surface area contributed by atoms with Gasteiger partial charge in [-0.25, -0.2) is 4.98 Å². The smallest absolute Gasteiger partial charge is 0.238 e. The monoisotopic (exact) mass is 924 g/mol. The van der Waals surface area contributed by atoms with Crippen molar-refractivity contribution >= 4 is 69.7 Å². The van der Waals surface area contributed by atoms with Gasteiger partial charge in [0.15, 0.2) is 11.6 Å². The fraction of sp³-hybridized carbons (Fsp3) is 0.0152. The molecule has 0 fully saturated rings. The second kappa shape index (κ2) is 17.8. The van der Waals surface area contributed by atoms with Gasteiger partial charge in [-0.2, -0.15) is 9.97 Å². The first-order valence-electron chi connectivity index (χ1n) is 24.0. The second-order valence-electron chi connectivity index (χ2n) is 18.0. The molecule has 0 saturated carbocycles. The van der Waals surface area contributed by atoms with Crippen LogP contribution in [0.1, 0.15) is 12.2 Å². The second-order valence-corrected chi connectivity index (χ2v) is 19.1. The predicted molar refractivity (Wildman–Crippen MR) is 301 cm³/mol. The summed E-state index contributed by atoms with van der Waals surface area (Å²) in [4.78, 5) is 16.0. The molecule has 12 aromatic rings. The van der Waals surface area contributed by atoms with E-state index in [9.17, 15) is 0 Å². The molecule has 0 unspecified atom stereocenters. The molecule has 334 valence electrons. The van der Waals surface area contributed by atoms with Crippen molar-refractivity contribution in [2.24, 2.45) is 0 Å². The molecule has 0 bridgehead atoms. The number of thiophene rings is 1. The first kappa shape index (κ1) is 42.1. The SMILES string of the molecule is C=C(/C=C\C=C1\C=CC=CC1)c1nc(-c2cccc3c(-c4cccc(-c5cc(-c6ccccc6)cc(-c6ccccc6)c5)c4)cccc23)nc(-n2c3ccccc3c3c4sc5ccccc5c4ccc32)n1. The topological polar surface area (TPSA) is 43.6 Å². The summed E-state index contributed by atoms with van der Waals surface area (Å²) in [5.41, 5.74) is 14.2. The third-order valence-corrected chi connectivity index (χ3v) is 14.8. The van der Waals surface area contributed by atoms with Crippen molar-refractivity contribution in [3.63, 3.8) is 0 Å². The van der Waals surface area contributed by atoms with Crippen LogP contribution in [0.5, 0.6) is 0 Å². The number of para-hydroxylation sites is 1. The Labute approximate surface area is 415 Å². The van der Waals surface area contributed by atoms with Crippen LogP contribution in [-0.4, -0.2) is 19.5 Å². The summed E-state index contributed by atoms with van der Waals surface area (Å²) in [7, 11) is 0. The van der Waals surface area contributed by atoms with E-state index in [4.69, 9.17) is 15.0 Å². The zero-order chi connectivity index (χ0) is 47.3. The van der Waals surface area contributed by atoms with Crippen molar-refractivity contribution in [3.8, 4) is 61.8 Å². The molecule has 0 amide bonds. The lowest BCUT2D eigenvalue weighted by Gasteiger charge is -2.14. The molecule has 0 N–H and O–H groups in total. The maximum atomic E-state index is 5.43. The maximum absolute atomic E-state index is 5.43. The fourth-order valence-corrected chi connectivity index (χ4v) is 11.5. The molecular weight excluding hydrogens is 881 g/mol. The molecule has 0 saturated heterocycles. The minimum Gasteiger partial charge on any atom is -0.278 e. The molecule has 13 rings (SSSR count). The van der Waals surface area contributed by atoms with E-state index >= 15 is 0 Å². The average molecular weight is 925 g/mol. The summed E-state index contributed by atoms with van der Waals surface area (Å²) < 4.78 is 4.73. The van der Waals surface area contributed by atoms with Gasteiger partial charge in [-0.1, -0.05) is 207 Å². The van der Waals surface area contributed by atoms with Gasteiger partial charge >= 0.3 is 0 Å². The zero-order valence-electron chi connectivity index (χ0n) is 38.7. The fourth-order valence-electron chi connectivity index (χ4n) is 10.2. The standard InChI is InChI=1S/C66H44N4S/c1-43(19-15-22-44-20-5-2-6-21-44)64-67-65(69-66(68-64)70-59-35-13-11-30-58(59)62-60(70)38-37-56-55-29-12-14-36-61(55)71-63(56)62)57-34-18-32-53-52(31-17-33-54(53)57)48-28-16-27-47(39-48)51-41-49(45-23-7-3-8-24-45)40-50(42-51)46-25-9-4-10-26-46/h2-20,22-42H,1,21H2/b19-15-,44-22-. The number of aromatic nitrogens is 4. The molecule has 1 aliphatic rings. The summed E-state index contributed by atoms with van der Waals surface area (Å²) in [6, 6.07) is 71.9. The first-order valence-corrected chi connectivity index (χ1v) is 24.8. The minimum absolute atomic E-state index is 0.515. The number of fused-ring (bicyclic) bond motifs is 8. The molecule has 3 aromatic heterocycles. The van der Waals surface area contributed by atoms with Crippen LogP contribution in [0, 0.1) is 0 Å². The predicted octanol–water partition coefficient (Wildman–Crippen LogP) is 17.8. The van der Waals surface area contributed by atoms with Crippen LogP contribution in [0.4, 0.5) is 0 Å². The quantitative estimate of drug-likeness (QED) is 0.136. The Balaban J connectivity index is 0.967. The molecule has 0 aliphatic heterocycles. The maximum Gasteiger partial charge on any atom is 0.238 e. The molecule has 0 spiro atoms. The molecule has 0 radical (unpaired) electrons. The molecule has 1 aliphatic carbocycles. The summed E-state index contributed by atoms with van der Waals surface area (Å²) >= 11 is 1.84. The van der Waals surface area contributed by atoms with E-state index in [1.807, 2.05) is 23.5 Å². The van der Waals surface area contributed by atoms with Gasteiger partial charge in [-0.15, -0.1) is 11.3 Å². The van der Waals surface area contributed by atoms with Crippen LogP contribution in [0.2, 0.25) is 0 Å². The largest absolute Gasteiger partial charge is 0.278 e. The number of hydrogen-bond donors (Lipinski definition) is 0. The first-order chi connectivity index (χ1) is 35.1. The number of allylic oxidation sites excluding steroid dienone is 9. The normalized spacial score (nSPS) is 13.2. The lowest BCUT2D eigenvalue weighted by Crippen LogP contribution is -2.07. The molecule has 0 atom stereocenters. The van der Waals surface area contributed by atoms with Crippen LogP contribution < -0.4 is 0 Å². The average Bonchev–Trinajstić information content (AvgIpc) is 4.00. The van der Waals surface area contributed by atoms with Crippen molar-refractivity contribution in [1.82, 2.24) is 19.5 Å². The molecule has 9 aromatic carbocycles. The van der Waals surface area contributed by atoms with Crippen LogP contribution in [0.15, 0.2) is 255 Å². The zero-order valence-corrected chi connectivity index (χ0v) is 39.5. The van der Waals surface area contributed by atoms with E-state index in [0.29, 0.717) is 23.2 Å². The third kappa shape index (κ3) is 7.70. The molecular formula is C66H44N4S. The Morgan fingerprint density at radius 1 is 0.493 bits per heavy atom. The highest BCUT2D eigenvalue weighted by atomic mass is 32.1. The van der Waals surface area contributed by atoms with Gasteiger partial charge in [0.2, 0.25) is 5.95 Å². The van der Waals surface area contributed by atoms with E-state index in [0.717, 1.165) is 61.4 Å². The van der Waals surface area contributed by atoms with Gasteiger partial charge in [0, 0.05) is 42.1 Å². The van der Waals surface area contributed by atoms with Gasteiger partial charge < -0.3 is 0 Å². The van der Waals surface area contributed by atoms with E-state index in [1.54, 1.807) is 0 Å². The van der Waals surface area contributed by atoms with Crippen LogP contribution in [0.25, 0.3) is 120 Å². The van der Waals surface area contributed by atoms with Gasteiger partial charge in [0.1, 0.15) is 0 Å². The Morgan fingerprint density at radius 2 is 1.11 bits per heavy atom. The molecule has 4 nitrogen and oxygen atoms in total. The van der Waals surface area contributed by atoms with Crippen molar-refractivity contribution in [3.05, 3.63) is 261 Å². The van der Waals surface area contributed by atoms with Crippen LogP contribution >= 0.6 is 11.3 Å². The Bertz CT molecular complexity index is 4150. The Morgan fingerprint density at radius 3 is 1.87 bits per heavy atom. The summed E-state index contributed by atoms with van der Waals surface area (Å²) in [6.07, 6.45) is 15.5. The lowest BCUT2D eigenvalue weighted by molar-refractivity contribution is 0.934. The molecule has 71 heavy (non-hydrogen) atoms. The summed E-state index contributed by atoms with van der Waals surface area (Å²) in [5, 5.41) is 7.03. The number of rotatable bonds is 9. The number of benzene rings is 9. The molecule has 5 heteroatoms. The van der Waals surface area contributed by atoms with Crippen LogP contribution in [-0.2, 0) is 0 Å².